The van der Waals surface area contributed by atoms with Gasteiger partial charge in [0.25, 0.3) is 0 Å². The van der Waals surface area contributed by atoms with Gasteiger partial charge in [0.1, 0.15) is 80.6 Å². The van der Waals surface area contributed by atoms with Gasteiger partial charge in [0.2, 0.25) is 0 Å². The number of ether oxygens (including phenoxy) is 6. The Kier molecular flexibility index (Phi) is 9.74. The first-order valence-electron chi connectivity index (χ1n) is 16.0. The Morgan fingerprint density at radius 3 is 0.902 bits per heavy atom. The summed E-state index contributed by atoms with van der Waals surface area (Å²) in [6, 6.07) is 46.2. The fraction of sp³-hybridized carbons (Fsp3) is 0.0233. The van der Waals surface area contributed by atoms with Crippen molar-refractivity contribution in [2.45, 2.75) is 6.92 Å². The molecule has 0 radical (unpaired) electrons. The highest BCUT2D eigenvalue weighted by molar-refractivity contribution is 5.48. The first kappa shape index (κ1) is 32.7. The molecule has 0 heterocycles. The third-order valence-electron chi connectivity index (χ3n) is 7.38. The summed E-state index contributed by atoms with van der Waals surface area (Å²) in [6.07, 6.45) is 0. The summed E-state index contributed by atoms with van der Waals surface area (Å²) in [7, 11) is 0. The number of benzene rings is 7. The summed E-state index contributed by atoms with van der Waals surface area (Å²) in [6.45, 7) is 1.95. The molecule has 252 valence electrons. The van der Waals surface area contributed by atoms with E-state index in [0.717, 1.165) is 5.56 Å². The van der Waals surface area contributed by atoms with Crippen LogP contribution in [-0.4, -0.2) is 0 Å². The molecular weight excluding hydrogens is 650 g/mol. The van der Waals surface area contributed by atoms with E-state index in [2.05, 4.69) is 0 Å². The molecule has 7 aromatic rings. The molecule has 0 saturated heterocycles. The van der Waals surface area contributed by atoms with Crippen molar-refractivity contribution in [3.05, 3.63) is 181 Å². The number of hydrogen-bond acceptors (Lipinski definition) is 6. The lowest BCUT2D eigenvalue weighted by molar-refractivity contribution is 0.442. The zero-order chi connectivity index (χ0) is 35.0. The Hall–Kier alpha value is -6.80. The van der Waals surface area contributed by atoms with E-state index in [4.69, 9.17) is 28.4 Å². The van der Waals surface area contributed by atoms with Crippen molar-refractivity contribution in [2.24, 2.45) is 0 Å². The highest BCUT2D eigenvalue weighted by Crippen LogP contribution is 2.36. The smallest absolute Gasteiger partial charge is 0.134 e. The van der Waals surface area contributed by atoms with E-state index in [1.165, 1.54) is 24.3 Å². The highest BCUT2D eigenvalue weighted by Gasteiger charge is 2.10. The lowest BCUT2D eigenvalue weighted by Gasteiger charge is -2.14. The zero-order valence-electron chi connectivity index (χ0n) is 27.3. The van der Waals surface area contributed by atoms with Crippen LogP contribution in [0.5, 0.6) is 69.0 Å². The van der Waals surface area contributed by atoms with Gasteiger partial charge < -0.3 is 28.4 Å². The summed E-state index contributed by atoms with van der Waals surface area (Å²) < 4.78 is 63.4. The molecule has 0 aliphatic rings. The molecule has 8 heteroatoms. The highest BCUT2D eigenvalue weighted by atomic mass is 19.1. The van der Waals surface area contributed by atoms with Crippen LogP contribution in [0.3, 0.4) is 0 Å². The van der Waals surface area contributed by atoms with Crippen LogP contribution < -0.4 is 28.4 Å². The minimum absolute atomic E-state index is 0.377. The van der Waals surface area contributed by atoms with Gasteiger partial charge in [-0.25, -0.2) is 8.78 Å². The predicted octanol–water partition coefficient (Wildman–Crippen LogP) is 13.0. The molecule has 7 rings (SSSR count). The standard InChI is InChI=1S/C43H30F2O6/c1-29-20-21-42(50-39-17-6-16-38(26-39)48-36-14-4-12-34(24-36)46-32-10-2-8-30(44)22-32)28-43(29)51-41-19-7-18-40(27-41)49-37-15-5-13-35(25-37)47-33-11-3-9-31(45)23-33/h2-28H,1H3. The van der Waals surface area contributed by atoms with E-state index >= 15 is 0 Å². The molecule has 0 bridgehead atoms. The van der Waals surface area contributed by atoms with E-state index in [1.54, 1.807) is 84.9 Å². The van der Waals surface area contributed by atoms with E-state index in [1.807, 2.05) is 61.5 Å². The first-order chi connectivity index (χ1) is 24.9. The maximum Gasteiger partial charge on any atom is 0.134 e. The Morgan fingerprint density at radius 2 is 0.569 bits per heavy atom. The van der Waals surface area contributed by atoms with E-state index in [-0.39, 0.29) is 11.6 Å². The lowest BCUT2D eigenvalue weighted by atomic mass is 10.2. The third-order valence-corrected chi connectivity index (χ3v) is 7.38. The molecule has 0 N–H and O–H groups in total. The average molecular weight is 681 g/mol. The minimum atomic E-state index is -0.377. The average Bonchev–Trinajstić information content (AvgIpc) is 3.11. The molecule has 0 fully saturated rings. The van der Waals surface area contributed by atoms with E-state index < -0.39 is 0 Å². The number of halogens is 2. The van der Waals surface area contributed by atoms with Crippen LogP contribution in [0.1, 0.15) is 5.56 Å². The van der Waals surface area contributed by atoms with Gasteiger partial charge in [-0.3, -0.25) is 0 Å². The van der Waals surface area contributed by atoms with Gasteiger partial charge in [-0.05, 0) is 91.3 Å². The zero-order valence-corrected chi connectivity index (χ0v) is 27.3. The Labute approximate surface area is 293 Å². The Morgan fingerprint density at radius 1 is 0.294 bits per heavy atom. The summed E-state index contributed by atoms with van der Waals surface area (Å²) in [5, 5.41) is 0. The molecule has 0 aliphatic heterocycles. The topological polar surface area (TPSA) is 55.4 Å². The molecule has 6 nitrogen and oxygen atoms in total. The monoisotopic (exact) mass is 680 g/mol. The maximum absolute atomic E-state index is 13.6. The van der Waals surface area contributed by atoms with E-state index in [9.17, 15) is 8.78 Å². The second-order valence-electron chi connectivity index (χ2n) is 11.4. The minimum Gasteiger partial charge on any atom is -0.457 e. The van der Waals surface area contributed by atoms with Gasteiger partial charge in [-0.15, -0.1) is 0 Å². The molecule has 0 amide bonds. The summed E-state index contributed by atoms with van der Waals surface area (Å²) in [5.74, 6) is 5.56. The van der Waals surface area contributed by atoms with Crippen molar-refractivity contribution in [3.63, 3.8) is 0 Å². The second kappa shape index (κ2) is 15.2. The normalized spacial score (nSPS) is 10.6. The van der Waals surface area contributed by atoms with Crippen LogP contribution in [-0.2, 0) is 0 Å². The first-order valence-corrected chi connectivity index (χ1v) is 16.0. The van der Waals surface area contributed by atoms with Crippen LogP contribution in [0.15, 0.2) is 164 Å². The van der Waals surface area contributed by atoms with Crippen molar-refractivity contribution in [1.82, 2.24) is 0 Å². The quantitative estimate of drug-likeness (QED) is 0.128. The molecule has 0 aromatic heterocycles. The largest absolute Gasteiger partial charge is 0.457 e. The number of hydrogen-bond donors (Lipinski definition) is 0. The summed E-state index contributed by atoms with van der Waals surface area (Å²) in [5.41, 5.74) is 0.910. The SMILES string of the molecule is Cc1ccc(Oc2cccc(Oc3cccc(Oc4cccc(F)c4)c3)c2)cc1Oc1cccc(Oc2cccc(Oc3cccc(F)c3)c2)c1. The van der Waals surface area contributed by atoms with Crippen molar-refractivity contribution < 1.29 is 37.2 Å². The maximum atomic E-state index is 13.6. The van der Waals surface area contributed by atoms with Crippen molar-refractivity contribution in [1.29, 1.82) is 0 Å². The van der Waals surface area contributed by atoms with Gasteiger partial charge in [-0.2, -0.15) is 0 Å². The predicted molar refractivity (Wildman–Crippen MR) is 190 cm³/mol. The number of aryl methyl sites for hydroxylation is 1. The van der Waals surface area contributed by atoms with Crippen LogP contribution >= 0.6 is 0 Å². The van der Waals surface area contributed by atoms with Crippen molar-refractivity contribution in [3.8, 4) is 69.0 Å². The van der Waals surface area contributed by atoms with Gasteiger partial charge >= 0.3 is 0 Å². The molecule has 0 spiro atoms. The second-order valence-corrected chi connectivity index (χ2v) is 11.4. The molecule has 0 unspecified atom stereocenters. The van der Waals surface area contributed by atoms with Crippen LogP contribution in [0.2, 0.25) is 0 Å². The Bertz CT molecular complexity index is 2290. The molecular formula is C43H30F2O6. The van der Waals surface area contributed by atoms with Crippen molar-refractivity contribution in [2.75, 3.05) is 0 Å². The fourth-order valence-corrected chi connectivity index (χ4v) is 5.03. The summed E-state index contributed by atoms with van der Waals surface area (Å²) in [4.78, 5) is 0. The van der Waals surface area contributed by atoms with Gasteiger partial charge in [0.15, 0.2) is 0 Å². The molecule has 0 saturated carbocycles. The van der Waals surface area contributed by atoms with Crippen LogP contribution in [0, 0.1) is 18.6 Å². The molecule has 0 aliphatic carbocycles. The van der Waals surface area contributed by atoms with Crippen molar-refractivity contribution >= 4 is 0 Å². The molecule has 0 atom stereocenters. The molecule has 51 heavy (non-hydrogen) atoms. The summed E-state index contributed by atoms with van der Waals surface area (Å²) >= 11 is 0. The van der Waals surface area contributed by atoms with Gasteiger partial charge in [0.05, 0.1) is 0 Å². The molecule has 7 aromatic carbocycles. The van der Waals surface area contributed by atoms with Gasteiger partial charge in [-0.1, -0.05) is 42.5 Å². The van der Waals surface area contributed by atoms with Crippen LogP contribution in [0.25, 0.3) is 0 Å². The fourth-order valence-electron chi connectivity index (χ4n) is 5.03. The number of rotatable bonds is 12. The Balaban J connectivity index is 0.999. The lowest BCUT2D eigenvalue weighted by Crippen LogP contribution is -1.92. The van der Waals surface area contributed by atoms with E-state index in [0.29, 0.717) is 69.0 Å². The third kappa shape index (κ3) is 9.01. The van der Waals surface area contributed by atoms with Gasteiger partial charge in [0, 0.05) is 42.5 Å². The van der Waals surface area contributed by atoms with Crippen LogP contribution in [0.4, 0.5) is 8.78 Å².